The van der Waals surface area contributed by atoms with Gasteiger partial charge in [-0.25, -0.2) is 13.8 Å². The van der Waals surface area contributed by atoms with Gasteiger partial charge in [0.15, 0.2) is 11.5 Å². The maximum Gasteiger partial charge on any atom is 0.259 e. The summed E-state index contributed by atoms with van der Waals surface area (Å²) in [4.78, 5) is 16.4. The highest BCUT2D eigenvalue weighted by Gasteiger charge is 2.43. The molecule has 0 radical (unpaired) electrons. The molecule has 21 heavy (non-hydrogen) atoms. The second-order valence-electron chi connectivity index (χ2n) is 6.44. The minimum Gasteiger partial charge on any atom is -0.351 e. The van der Waals surface area contributed by atoms with E-state index < -0.39 is 23.1 Å². The Kier molecular flexibility index (Phi) is 3.51. The molecular weight excluding hydrogens is 276 g/mol. The molecule has 0 aliphatic carbocycles. The molecule has 0 aromatic heterocycles. The van der Waals surface area contributed by atoms with E-state index in [1.54, 1.807) is 0 Å². The number of carbonyl (C=O) groups excluding carboxylic acids is 1. The van der Waals surface area contributed by atoms with Crippen molar-refractivity contribution < 1.29 is 13.6 Å². The number of rotatable bonds is 1. The molecule has 114 valence electrons. The van der Waals surface area contributed by atoms with Crippen LogP contribution in [0.15, 0.2) is 17.1 Å². The molecule has 0 fully saturated rings. The Morgan fingerprint density at radius 3 is 2.43 bits per heavy atom. The zero-order valence-electron chi connectivity index (χ0n) is 12.8. The summed E-state index contributed by atoms with van der Waals surface area (Å²) in [5, 5.41) is 5.59. The van der Waals surface area contributed by atoms with Gasteiger partial charge in [-0.1, -0.05) is 0 Å². The monoisotopic (exact) mass is 295 g/mol. The van der Waals surface area contributed by atoms with E-state index in [1.807, 2.05) is 20.8 Å². The summed E-state index contributed by atoms with van der Waals surface area (Å²) in [6.07, 6.45) is 0. The first kappa shape index (κ1) is 15.4. The van der Waals surface area contributed by atoms with E-state index >= 15 is 0 Å². The summed E-state index contributed by atoms with van der Waals surface area (Å²) >= 11 is 0. The molecule has 1 heterocycles. The molecule has 1 aromatic rings. The van der Waals surface area contributed by atoms with Crippen LogP contribution in [0.4, 0.5) is 8.78 Å². The van der Waals surface area contributed by atoms with Crippen LogP contribution in [0.5, 0.6) is 0 Å². The van der Waals surface area contributed by atoms with Crippen LogP contribution in [0, 0.1) is 18.6 Å². The maximum absolute atomic E-state index is 14.1. The molecule has 2 N–H and O–H groups in total. The zero-order chi connectivity index (χ0) is 16.0. The third-order valence-electron chi connectivity index (χ3n) is 3.28. The minimum atomic E-state index is -1.48. The number of hydrogen-bond acceptors (Lipinski definition) is 3. The molecule has 4 nitrogen and oxygen atoms in total. The number of benzene rings is 1. The number of amides is 1. The van der Waals surface area contributed by atoms with Gasteiger partial charge in [-0.3, -0.25) is 10.1 Å². The van der Waals surface area contributed by atoms with Gasteiger partial charge in [-0.15, -0.1) is 0 Å². The van der Waals surface area contributed by atoms with Gasteiger partial charge in [0.25, 0.3) is 5.91 Å². The van der Waals surface area contributed by atoms with E-state index in [2.05, 4.69) is 15.6 Å². The van der Waals surface area contributed by atoms with Crippen molar-refractivity contribution in [2.24, 2.45) is 4.99 Å². The number of carbonyl (C=O) groups is 1. The highest BCUT2D eigenvalue weighted by atomic mass is 19.1. The fourth-order valence-corrected chi connectivity index (χ4v) is 2.15. The Morgan fingerprint density at radius 2 is 1.86 bits per heavy atom. The van der Waals surface area contributed by atoms with Gasteiger partial charge >= 0.3 is 0 Å². The summed E-state index contributed by atoms with van der Waals surface area (Å²) in [5.74, 6) is -1.44. The lowest BCUT2D eigenvalue weighted by molar-refractivity contribution is -0.123. The standard InChI is InChI=1S/C15H19F2N3O/c1-8-6-11(17)9(7-10(8)16)15(5)12(21)18-13(20-15)19-14(2,3)4/h6-7H,1-5H3,(H2,18,19,20,21). The summed E-state index contributed by atoms with van der Waals surface area (Å²) < 4.78 is 27.8. The molecule has 1 atom stereocenters. The average molecular weight is 295 g/mol. The fraction of sp³-hybridized carbons (Fsp3) is 0.467. The number of nitrogens with zero attached hydrogens (tertiary/aromatic N) is 1. The van der Waals surface area contributed by atoms with Gasteiger partial charge in [0, 0.05) is 11.1 Å². The predicted molar refractivity (Wildman–Crippen MR) is 76.9 cm³/mol. The van der Waals surface area contributed by atoms with Crippen molar-refractivity contribution in [3.8, 4) is 0 Å². The van der Waals surface area contributed by atoms with Crippen molar-refractivity contribution in [3.05, 3.63) is 34.9 Å². The van der Waals surface area contributed by atoms with Gasteiger partial charge in [0.05, 0.1) is 0 Å². The molecule has 1 aromatic carbocycles. The summed E-state index contributed by atoms with van der Waals surface area (Å²) in [6, 6.07) is 2.11. The summed E-state index contributed by atoms with van der Waals surface area (Å²) in [5.41, 5.74) is -1.68. The van der Waals surface area contributed by atoms with E-state index in [0.29, 0.717) is 0 Å². The Morgan fingerprint density at radius 1 is 1.24 bits per heavy atom. The van der Waals surface area contributed by atoms with E-state index in [1.165, 1.54) is 13.8 Å². The molecule has 0 bridgehead atoms. The van der Waals surface area contributed by atoms with Crippen molar-refractivity contribution in [3.63, 3.8) is 0 Å². The third-order valence-corrected chi connectivity index (χ3v) is 3.28. The first-order valence-corrected chi connectivity index (χ1v) is 6.68. The first-order chi connectivity index (χ1) is 9.53. The lowest BCUT2D eigenvalue weighted by Crippen LogP contribution is -2.47. The van der Waals surface area contributed by atoms with E-state index in [9.17, 15) is 13.6 Å². The molecule has 1 aliphatic heterocycles. The van der Waals surface area contributed by atoms with Crippen LogP contribution in [-0.4, -0.2) is 17.4 Å². The quantitative estimate of drug-likeness (QED) is 0.835. The number of hydrogen-bond donors (Lipinski definition) is 2. The Labute approximate surface area is 122 Å². The van der Waals surface area contributed by atoms with Gasteiger partial charge in [-0.2, -0.15) is 0 Å². The van der Waals surface area contributed by atoms with Crippen LogP contribution in [0.25, 0.3) is 0 Å². The molecular formula is C15H19F2N3O. The molecule has 0 spiro atoms. The summed E-state index contributed by atoms with van der Waals surface area (Å²) in [6.45, 7) is 8.65. The highest BCUT2D eigenvalue weighted by molar-refractivity contribution is 6.07. The fourth-order valence-electron chi connectivity index (χ4n) is 2.15. The van der Waals surface area contributed by atoms with Crippen LogP contribution in [-0.2, 0) is 10.3 Å². The third kappa shape index (κ3) is 2.89. The number of guanidine groups is 1. The normalized spacial score (nSPS) is 22.0. The van der Waals surface area contributed by atoms with E-state index in [-0.39, 0.29) is 22.6 Å². The molecule has 0 saturated heterocycles. The lowest BCUT2D eigenvalue weighted by atomic mass is 9.91. The molecule has 2 rings (SSSR count). The second kappa shape index (κ2) is 4.79. The smallest absolute Gasteiger partial charge is 0.259 e. The van der Waals surface area contributed by atoms with Gasteiger partial charge in [0.1, 0.15) is 11.6 Å². The Hall–Kier alpha value is -1.98. The number of halogens is 2. The van der Waals surface area contributed by atoms with Crippen LogP contribution in [0.3, 0.4) is 0 Å². The van der Waals surface area contributed by atoms with Crippen molar-refractivity contribution in [1.29, 1.82) is 0 Å². The van der Waals surface area contributed by atoms with Crippen LogP contribution in [0.2, 0.25) is 0 Å². The van der Waals surface area contributed by atoms with Gasteiger partial charge < -0.3 is 5.32 Å². The summed E-state index contributed by atoms with van der Waals surface area (Å²) in [7, 11) is 0. The van der Waals surface area contributed by atoms with Crippen LogP contribution >= 0.6 is 0 Å². The molecule has 0 saturated carbocycles. The van der Waals surface area contributed by atoms with Crippen molar-refractivity contribution >= 4 is 11.9 Å². The maximum atomic E-state index is 14.1. The Balaban J connectivity index is 2.47. The van der Waals surface area contributed by atoms with Crippen molar-refractivity contribution in [2.75, 3.05) is 0 Å². The number of nitrogens with one attached hydrogen (secondary N) is 2. The van der Waals surface area contributed by atoms with Crippen LogP contribution in [0.1, 0.15) is 38.8 Å². The molecule has 1 amide bonds. The largest absolute Gasteiger partial charge is 0.351 e. The lowest BCUT2D eigenvalue weighted by Gasteiger charge is -2.21. The van der Waals surface area contributed by atoms with Gasteiger partial charge in [0.2, 0.25) is 0 Å². The average Bonchev–Trinajstić information content (AvgIpc) is 2.57. The van der Waals surface area contributed by atoms with Crippen molar-refractivity contribution in [2.45, 2.75) is 45.7 Å². The predicted octanol–water partition coefficient (Wildman–Crippen LogP) is 2.36. The SMILES string of the molecule is Cc1cc(F)c(C2(C)N=C(NC(C)(C)C)NC2=O)cc1F. The number of aryl methyl sites for hydroxylation is 1. The molecule has 1 unspecified atom stereocenters. The zero-order valence-corrected chi connectivity index (χ0v) is 12.8. The van der Waals surface area contributed by atoms with Crippen molar-refractivity contribution in [1.82, 2.24) is 10.6 Å². The molecule has 1 aliphatic rings. The minimum absolute atomic E-state index is 0.0752. The molecule has 6 heteroatoms. The second-order valence-corrected chi connectivity index (χ2v) is 6.44. The van der Waals surface area contributed by atoms with E-state index in [4.69, 9.17) is 0 Å². The van der Waals surface area contributed by atoms with Crippen LogP contribution < -0.4 is 10.6 Å². The first-order valence-electron chi connectivity index (χ1n) is 6.68. The Bertz CT molecular complexity index is 635. The number of aliphatic imine (C=N–C) groups is 1. The topological polar surface area (TPSA) is 53.5 Å². The van der Waals surface area contributed by atoms with Gasteiger partial charge in [-0.05, 0) is 52.3 Å². The van der Waals surface area contributed by atoms with E-state index in [0.717, 1.165) is 12.1 Å². The highest BCUT2D eigenvalue weighted by Crippen LogP contribution is 2.32.